The maximum absolute atomic E-state index is 11.7. The molecule has 3 unspecified atom stereocenters. The van der Waals surface area contributed by atoms with E-state index >= 15 is 0 Å². The minimum Gasteiger partial charge on any atom is -0.312 e. The molecule has 1 heterocycles. The Kier molecular flexibility index (Phi) is 3.33. The Bertz CT molecular complexity index is 315. The molecule has 0 aromatic heterocycles. The number of fused-ring (bicyclic) bond motifs is 2. The minimum atomic E-state index is -3.04. The molecule has 5 heteroatoms. The summed E-state index contributed by atoms with van der Waals surface area (Å²) in [5, 5.41) is 3.36. The minimum absolute atomic E-state index is 0.144. The van der Waals surface area contributed by atoms with Crippen molar-refractivity contribution in [2.75, 3.05) is 12.3 Å². The number of hydrogen-bond acceptors (Lipinski definition) is 3. The van der Waals surface area contributed by atoms with Gasteiger partial charge < -0.3 is 5.32 Å². The molecule has 1 aliphatic heterocycles. The lowest BCUT2D eigenvalue weighted by Gasteiger charge is -2.23. The zero-order chi connectivity index (χ0) is 10.9. The largest absolute Gasteiger partial charge is 0.312 e. The first-order chi connectivity index (χ1) is 7.11. The lowest BCUT2D eigenvalue weighted by atomic mass is 10.1. The summed E-state index contributed by atoms with van der Waals surface area (Å²) in [5.41, 5.74) is 0. The first-order valence-corrected chi connectivity index (χ1v) is 7.49. The van der Waals surface area contributed by atoms with Gasteiger partial charge >= 0.3 is 0 Å². The second-order valence-corrected chi connectivity index (χ2v) is 6.62. The quantitative estimate of drug-likeness (QED) is 0.724. The van der Waals surface area contributed by atoms with Gasteiger partial charge in [-0.15, -0.1) is 0 Å². The van der Waals surface area contributed by atoms with Crippen LogP contribution in [0, 0.1) is 5.92 Å². The van der Waals surface area contributed by atoms with Crippen molar-refractivity contribution in [3.63, 3.8) is 0 Å². The van der Waals surface area contributed by atoms with Crippen LogP contribution in [0.25, 0.3) is 0 Å². The van der Waals surface area contributed by atoms with Gasteiger partial charge in [0.1, 0.15) is 0 Å². The van der Waals surface area contributed by atoms with E-state index in [1.165, 1.54) is 0 Å². The maximum atomic E-state index is 11.7. The molecular weight excluding hydrogens is 212 g/mol. The van der Waals surface area contributed by atoms with Crippen LogP contribution < -0.4 is 10.0 Å². The average Bonchev–Trinajstić information content (AvgIpc) is 2.75. The van der Waals surface area contributed by atoms with Crippen molar-refractivity contribution in [3.05, 3.63) is 0 Å². The molecule has 2 rings (SSSR count). The molecule has 15 heavy (non-hydrogen) atoms. The summed E-state index contributed by atoms with van der Waals surface area (Å²) >= 11 is 0. The van der Waals surface area contributed by atoms with Crippen molar-refractivity contribution in [2.24, 2.45) is 5.92 Å². The molecule has 0 amide bonds. The third-order valence-electron chi connectivity index (χ3n) is 3.43. The van der Waals surface area contributed by atoms with Crippen LogP contribution in [0.4, 0.5) is 0 Å². The second-order valence-electron chi connectivity index (χ2n) is 4.75. The van der Waals surface area contributed by atoms with Gasteiger partial charge in [-0.3, -0.25) is 0 Å². The van der Waals surface area contributed by atoms with Gasteiger partial charge in [-0.05, 0) is 31.7 Å². The van der Waals surface area contributed by atoms with Gasteiger partial charge in [0.15, 0.2) is 0 Å². The van der Waals surface area contributed by atoms with E-state index in [-0.39, 0.29) is 11.8 Å². The predicted octanol–water partition coefficient (Wildman–Crippen LogP) is 0.456. The molecule has 2 fully saturated rings. The standard InChI is InChI=1S/C10H20N2O2S/c1-2-3-4-15(13,14)12-10-6-8-5-9(10)11-7-8/h8-12H,2-7H2,1H3. The predicted molar refractivity (Wildman–Crippen MR) is 60.1 cm³/mol. The molecule has 1 saturated carbocycles. The number of hydrogen-bond donors (Lipinski definition) is 2. The van der Waals surface area contributed by atoms with Crippen LogP contribution in [0.15, 0.2) is 0 Å². The Morgan fingerprint density at radius 3 is 2.73 bits per heavy atom. The van der Waals surface area contributed by atoms with E-state index in [2.05, 4.69) is 10.0 Å². The fourth-order valence-corrected chi connectivity index (χ4v) is 4.12. The number of sulfonamides is 1. The highest BCUT2D eigenvalue weighted by molar-refractivity contribution is 7.89. The fraction of sp³-hybridized carbons (Fsp3) is 1.00. The molecule has 4 nitrogen and oxygen atoms in total. The van der Waals surface area contributed by atoms with Crippen molar-refractivity contribution in [2.45, 2.75) is 44.7 Å². The molecule has 1 saturated heterocycles. The monoisotopic (exact) mass is 232 g/mol. The average molecular weight is 232 g/mol. The van der Waals surface area contributed by atoms with Crippen LogP contribution in [0.3, 0.4) is 0 Å². The second kappa shape index (κ2) is 4.39. The van der Waals surface area contributed by atoms with Crippen LogP contribution in [-0.4, -0.2) is 32.8 Å². The summed E-state index contributed by atoms with van der Waals surface area (Å²) in [6.07, 6.45) is 3.84. The summed E-state index contributed by atoms with van der Waals surface area (Å²) in [5.74, 6) is 0.964. The topological polar surface area (TPSA) is 58.2 Å². The summed E-state index contributed by atoms with van der Waals surface area (Å²) in [6.45, 7) is 3.08. The highest BCUT2D eigenvalue weighted by Gasteiger charge is 2.40. The first kappa shape index (κ1) is 11.4. The van der Waals surface area contributed by atoms with E-state index < -0.39 is 10.0 Å². The molecule has 2 N–H and O–H groups in total. The van der Waals surface area contributed by atoms with E-state index in [4.69, 9.17) is 0 Å². The number of rotatable bonds is 5. The molecule has 0 aromatic rings. The summed E-state index contributed by atoms with van der Waals surface area (Å²) in [6, 6.07) is 0.525. The van der Waals surface area contributed by atoms with Crippen molar-refractivity contribution >= 4 is 10.0 Å². The third kappa shape index (κ3) is 2.71. The van der Waals surface area contributed by atoms with Gasteiger partial charge in [0.05, 0.1) is 5.75 Å². The smallest absolute Gasteiger partial charge is 0.211 e. The van der Waals surface area contributed by atoms with Crippen LogP contribution in [0.5, 0.6) is 0 Å². The first-order valence-electron chi connectivity index (χ1n) is 5.84. The Hall–Kier alpha value is -0.130. The molecule has 1 aliphatic carbocycles. The van der Waals surface area contributed by atoms with Gasteiger partial charge in [-0.2, -0.15) is 0 Å². The summed E-state index contributed by atoms with van der Waals surface area (Å²) in [7, 11) is -3.04. The normalized spacial score (nSPS) is 34.9. The lowest BCUT2D eigenvalue weighted by Crippen LogP contribution is -2.48. The highest BCUT2D eigenvalue weighted by Crippen LogP contribution is 2.31. The fourth-order valence-electron chi connectivity index (χ4n) is 2.61. The Balaban J connectivity index is 1.86. The molecule has 2 aliphatic rings. The van der Waals surface area contributed by atoms with Crippen LogP contribution in [0.1, 0.15) is 32.6 Å². The lowest BCUT2D eigenvalue weighted by molar-refractivity contribution is 0.417. The van der Waals surface area contributed by atoms with Gasteiger partial charge in [0.25, 0.3) is 0 Å². The van der Waals surface area contributed by atoms with E-state index in [0.29, 0.717) is 12.0 Å². The summed E-state index contributed by atoms with van der Waals surface area (Å²) < 4.78 is 26.2. The molecular formula is C10H20N2O2S. The van der Waals surface area contributed by atoms with E-state index in [0.717, 1.165) is 32.2 Å². The van der Waals surface area contributed by atoms with Gasteiger partial charge in [0, 0.05) is 12.1 Å². The zero-order valence-electron chi connectivity index (χ0n) is 9.20. The van der Waals surface area contributed by atoms with E-state index in [9.17, 15) is 8.42 Å². The van der Waals surface area contributed by atoms with Crippen molar-refractivity contribution < 1.29 is 8.42 Å². The van der Waals surface area contributed by atoms with Gasteiger partial charge in [-0.1, -0.05) is 13.3 Å². The number of unbranched alkanes of at least 4 members (excludes halogenated alkanes) is 1. The van der Waals surface area contributed by atoms with Crippen LogP contribution in [0.2, 0.25) is 0 Å². The van der Waals surface area contributed by atoms with E-state index in [1.54, 1.807) is 0 Å². The molecule has 0 aromatic carbocycles. The molecule has 2 bridgehead atoms. The Morgan fingerprint density at radius 2 is 2.20 bits per heavy atom. The van der Waals surface area contributed by atoms with Gasteiger partial charge in [-0.25, -0.2) is 13.1 Å². The Labute approximate surface area is 91.9 Å². The molecule has 3 atom stereocenters. The number of piperidine rings is 1. The SMILES string of the molecule is CCCCS(=O)(=O)NC1CC2CNC1C2. The molecule has 88 valence electrons. The summed E-state index contributed by atoms with van der Waals surface area (Å²) in [4.78, 5) is 0. The third-order valence-corrected chi connectivity index (χ3v) is 4.91. The number of nitrogens with one attached hydrogen (secondary N) is 2. The molecule has 0 spiro atoms. The van der Waals surface area contributed by atoms with Crippen molar-refractivity contribution in [1.29, 1.82) is 0 Å². The van der Waals surface area contributed by atoms with Gasteiger partial charge in [0.2, 0.25) is 10.0 Å². The Morgan fingerprint density at radius 1 is 1.40 bits per heavy atom. The van der Waals surface area contributed by atoms with Crippen molar-refractivity contribution in [1.82, 2.24) is 10.0 Å². The van der Waals surface area contributed by atoms with Crippen LogP contribution in [-0.2, 0) is 10.0 Å². The van der Waals surface area contributed by atoms with Crippen LogP contribution >= 0.6 is 0 Å². The van der Waals surface area contributed by atoms with E-state index in [1.807, 2.05) is 6.92 Å². The highest BCUT2D eigenvalue weighted by atomic mass is 32.2. The molecule has 0 radical (unpaired) electrons. The maximum Gasteiger partial charge on any atom is 0.211 e. The van der Waals surface area contributed by atoms with Crippen molar-refractivity contribution in [3.8, 4) is 0 Å². The zero-order valence-corrected chi connectivity index (χ0v) is 10.0.